The largest absolute Gasteiger partial charge is 0.465 e. The molecule has 180 valence electrons. The summed E-state index contributed by atoms with van der Waals surface area (Å²) in [5, 5.41) is 13.2. The van der Waals surface area contributed by atoms with Crippen LogP contribution in [0.3, 0.4) is 0 Å². The molecule has 0 atom stereocenters. The van der Waals surface area contributed by atoms with Crippen LogP contribution in [0.25, 0.3) is 0 Å². The van der Waals surface area contributed by atoms with E-state index in [1.807, 2.05) is 42.8 Å². The molecule has 2 aromatic heterocycles. The zero-order valence-corrected chi connectivity index (χ0v) is 22.1. The second kappa shape index (κ2) is 10.9. The van der Waals surface area contributed by atoms with E-state index in [1.165, 1.54) is 24.8 Å². The summed E-state index contributed by atoms with van der Waals surface area (Å²) in [6, 6.07) is 7.75. The lowest BCUT2D eigenvalue weighted by molar-refractivity contribution is 0.0601. The molecule has 0 unspecified atom stereocenters. The van der Waals surface area contributed by atoms with E-state index < -0.39 is 0 Å². The molecule has 0 amide bonds. The second-order valence-electron chi connectivity index (χ2n) is 8.52. The number of nitrogens with zero attached hydrogens (tertiary/aromatic N) is 2. The monoisotopic (exact) mass is 516 g/mol. The highest BCUT2D eigenvalue weighted by atomic mass is 35.5. The summed E-state index contributed by atoms with van der Waals surface area (Å²) in [5.41, 5.74) is 5.54. The fourth-order valence-corrected chi connectivity index (χ4v) is 6.04. The van der Waals surface area contributed by atoms with Gasteiger partial charge in [-0.3, -0.25) is 4.68 Å². The van der Waals surface area contributed by atoms with Crippen LogP contribution in [0.2, 0.25) is 5.02 Å². The molecule has 6 nitrogen and oxygen atoms in total. The van der Waals surface area contributed by atoms with E-state index in [1.54, 1.807) is 11.3 Å². The van der Waals surface area contributed by atoms with Gasteiger partial charge in [0.1, 0.15) is 5.00 Å². The van der Waals surface area contributed by atoms with E-state index in [4.69, 9.17) is 28.6 Å². The molecule has 0 spiro atoms. The molecule has 2 N–H and O–H groups in total. The lowest BCUT2D eigenvalue weighted by Crippen LogP contribution is -2.21. The molecule has 34 heavy (non-hydrogen) atoms. The first kappa shape index (κ1) is 24.7. The molecule has 0 radical (unpaired) electrons. The Bertz CT molecular complexity index is 1200. The number of fused-ring (bicyclic) bond motifs is 1. The highest BCUT2D eigenvalue weighted by molar-refractivity contribution is 7.80. The molecule has 1 aliphatic rings. The quantitative estimate of drug-likeness (QED) is 0.297. The van der Waals surface area contributed by atoms with Crippen LogP contribution in [0.5, 0.6) is 0 Å². The molecular formula is C25H29ClN4O2S2. The van der Waals surface area contributed by atoms with Gasteiger partial charge < -0.3 is 15.4 Å². The number of thiophene rings is 1. The number of aromatic nitrogens is 2. The number of ether oxygens (including phenoxy) is 1. The Morgan fingerprint density at radius 1 is 1.15 bits per heavy atom. The average molecular weight is 517 g/mol. The van der Waals surface area contributed by atoms with Gasteiger partial charge in [0.25, 0.3) is 0 Å². The number of methoxy groups -OCH3 is 1. The highest BCUT2D eigenvalue weighted by Gasteiger charge is 2.25. The first-order chi connectivity index (χ1) is 16.4. The number of benzene rings is 1. The van der Waals surface area contributed by atoms with Crippen LogP contribution in [0, 0.1) is 13.8 Å². The smallest absolute Gasteiger partial charge is 0.341 e. The third kappa shape index (κ3) is 5.45. The SMILES string of the molecule is COC(=O)c1c(NC(=S)Nc2c(C)nn(Cc3ccc(Cl)cc3)c2C)sc2c1CCCCCC2. The second-order valence-corrected chi connectivity index (χ2v) is 10.5. The van der Waals surface area contributed by atoms with Gasteiger partial charge in [0.15, 0.2) is 5.11 Å². The van der Waals surface area contributed by atoms with E-state index in [9.17, 15) is 4.79 Å². The predicted octanol–water partition coefficient (Wildman–Crippen LogP) is 6.52. The Labute approximate surface area is 214 Å². The minimum atomic E-state index is -0.313. The molecule has 2 heterocycles. The van der Waals surface area contributed by atoms with Crippen molar-refractivity contribution in [1.82, 2.24) is 9.78 Å². The standard InChI is InChI=1S/C25H29ClN4O2S2/c1-15-22(16(2)30(29-15)14-17-10-12-18(26)13-11-17)27-25(33)28-23-21(24(31)32-3)19-8-6-4-5-7-9-20(19)34-23/h10-13H,4-9,14H2,1-3H3,(H2,27,28,33). The molecule has 4 rings (SSSR count). The fraction of sp³-hybridized carbons (Fsp3) is 0.400. The van der Waals surface area contributed by atoms with Crippen molar-refractivity contribution in [2.75, 3.05) is 17.7 Å². The molecule has 0 saturated heterocycles. The van der Waals surface area contributed by atoms with Crippen LogP contribution in [-0.4, -0.2) is 28.0 Å². The number of carbonyl (C=O) groups is 1. The summed E-state index contributed by atoms with van der Waals surface area (Å²) >= 11 is 13.3. The maximum Gasteiger partial charge on any atom is 0.341 e. The van der Waals surface area contributed by atoms with Crippen LogP contribution in [0.15, 0.2) is 24.3 Å². The van der Waals surface area contributed by atoms with E-state index in [0.29, 0.717) is 22.2 Å². The van der Waals surface area contributed by atoms with Gasteiger partial charge in [-0.25, -0.2) is 4.79 Å². The number of anilines is 2. The zero-order valence-electron chi connectivity index (χ0n) is 19.7. The molecule has 0 bridgehead atoms. The first-order valence-corrected chi connectivity index (χ1v) is 13.1. The van der Waals surface area contributed by atoms with Crippen molar-refractivity contribution in [1.29, 1.82) is 0 Å². The minimum Gasteiger partial charge on any atom is -0.465 e. The number of rotatable bonds is 5. The number of nitrogens with one attached hydrogen (secondary N) is 2. The summed E-state index contributed by atoms with van der Waals surface area (Å²) in [7, 11) is 1.43. The first-order valence-electron chi connectivity index (χ1n) is 11.5. The van der Waals surface area contributed by atoms with E-state index >= 15 is 0 Å². The summed E-state index contributed by atoms with van der Waals surface area (Å²) in [4.78, 5) is 13.9. The molecule has 1 aliphatic carbocycles. The van der Waals surface area contributed by atoms with Crippen molar-refractivity contribution < 1.29 is 9.53 Å². The maximum absolute atomic E-state index is 12.7. The third-order valence-electron chi connectivity index (χ3n) is 6.15. The number of thiocarbonyl (C=S) groups is 1. The Hall–Kier alpha value is -2.42. The highest BCUT2D eigenvalue weighted by Crippen LogP contribution is 2.37. The minimum absolute atomic E-state index is 0.313. The summed E-state index contributed by atoms with van der Waals surface area (Å²) in [6.07, 6.45) is 6.53. The van der Waals surface area contributed by atoms with Crippen molar-refractivity contribution in [3.05, 3.63) is 62.2 Å². The van der Waals surface area contributed by atoms with Crippen molar-refractivity contribution >= 4 is 56.9 Å². The summed E-state index contributed by atoms with van der Waals surface area (Å²) in [6.45, 7) is 4.60. The van der Waals surface area contributed by atoms with Gasteiger partial charge in [-0.15, -0.1) is 11.3 Å². The molecule has 9 heteroatoms. The van der Waals surface area contributed by atoms with Gasteiger partial charge in [0, 0.05) is 9.90 Å². The van der Waals surface area contributed by atoms with Gasteiger partial charge in [-0.2, -0.15) is 5.10 Å². The van der Waals surface area contributed by atoms with Gasteiger partial charge >= 0.3 is 5.97 Å². The van der Waals surface area contributed by atoms with Crippen LogP contribution in [-0.2, 0) is 24.1 Å². The van der Waals surface area contributed by atoms with Crippen molar-refractivity contribution in [3.8, 4) is 0 Å². The van der Waals surface area contributed by atoms with Gasteiger partial charge in [0.2, 0.25) is 0 Å². The summed E-state index contributed by atoms with van der Waals surface area (Å²) < 4.78 is 7.07. The van der Waals surface area contributed by atoms with Crippen LogP contribution >= 0.6 is 35.2 Å². The normalized spacial score (nSPS) is 13.5. The van der Waals surface area contributed by atoms with E-state index in [2.05, 4.69) is 15.7 Å². The number of halogens is 1. The van der Waals surface area contributed by atoms with E-state index in [-0.39, 0.29) is 5.97 Å². The molecule has 1 aromatic carbocycles. The number of esters is 1. The zero-order chi connectivity index (χ0) is 24.2. The lowest BCUT2D eigenvalue weighted by atomic mass is 9.96. The summed E-state index contributed by atoms with van der Waals surface area (Å²) in [5.74, 6) is -0.313. The number of hydrogen-bond donors (Lipinski definition) is 2. The van der Waals surface area contributed by atoms with Crippen LogP contribution in [0.1, 0.15) is 63.4 Å². The van der Waals surface area contributed by atoms with Gasteiger partial charge in [-0.05, 0) is 75.0 Å². The fourth-order valence-electron chi connectivity index (χ4n) is 4.37. The van der Waals surface area contributed by atoms with Crippen molar-refractivity contribution in [2.24, 2.45) is 0 Å². The number of hydrogen-bond acceptors (Lipinski definition) is 5. The van der Waals surface area contributed by atoms with Crippen LogP contribution < -0.4 is 10.6 Å². The van der Waals surface area contributed by atoms with Crippen molar-refractivity contribution in [3.63, 3.8) is 0 Å². The Morgan fingerprint density at radius 3 is 2.56 bits per heavy atom. The van der Waals surface area contributed by atoms with Gasteiger partial charge in [-0.1, -0.05) is 36.6 Å². The molecule has 0 aliphatic heterocycles. The third-order valence-corrected chi connectivity index (χ3v) is 7.82. The predicted molar refractivity (Wildman–Crippen MR) is 144 cm³/mol. The van der Waals surface area contributed by atoms with Crippen LogP contribution in [0.4, 0.5) is 10.7 Å². The molecule has 0 fully saturated rings. The van der Waals surface area contributed by atoms with E-state index in [0.717, 1.165) is 58.9 Å². The molecule has 3 aromatic rings. The topological polar surface area (TPSA) is 68.2 Å². The van der Waals surface area contributed by atoms with Gasteiger partial charge in [0.05, 0.1) is 36.3 Å². The Morgan fingerprint density at radius 2 is 1.85 bits per heavy atom. The average Bonchev–Trinajstić information content (AvgIpc) is 3.25. The number of aryl methyl sites for hydroxylation is 2. The van der Waals surface area contributed by atoms with Crippen molar-refractivity contribution in [2.45, 2.75) is 58.9 Å². The number of carbonyl (C=O) groups excluding carboxylic acids is 1. The Kier molecular flexibility index (Phi) is 7.91. The molecular weight excluding hydrogens is 488 g/mol. The maximum atomic E-state index is 12.7. The lowest BCUT2D eigenvalue weighted by Gasteiger charge is -2.12. The Balaban J connectivity index is 1.54. The molecule has 0 saturated carbocycles.